The third-order valence-electron chi connectivity index (χ3n) is 2.36. The second kappa shape index (κ2) is 4.72. The molecule has 0 radical (unpaired) electrons. The standard InChI is InChI=1S/C10H14N2O2S/c1-7(9-3-2-4-14-9)12-10(13)8-5-15-6-11-8/h2-4,7-8,11H,5-6H2,1H3,(H,12,13). The molecule has 15 heavy (non-hydrogen) atoms. The molecule has 1 fully saturated rings. The van der Waals surface area contributed by atoms with Gasteiger partial charge in [0.15, 0.2) is 0 Å². The quantitative estimate of drug-likeness (QED) is 0.811. The minimum absolute atomic E-state index is 0.0453. The lowest BCUT2D eigenvalue weighted by Gasteiger charge is -2.14. The summed E-state index contributed by atoms with van der Waals surface area (Å²) >= 11 is 1.74. The van der Waals surface area contributed by atoms with Crippen molar-refractivity contribution in [1.29, 1.82) is 0 Å². The zero-order valence-electron chi connectivity index (χ0n) is 8.53. The van der Waals surface area contributed by atoms with E-state index < -0.39 is 0 Å². The molecule has 2 heterocycles. The normalized spacial score (nSPS) is 22.6. The molecule has 1 aromatic heterocycles. The van der Waals surface area contributed by atoms with Crippen LogP contribution in [0.2, 0.25) is 0 Å². The van der Waals surface area contributed by atoms with Crippen LogP contribution in [0.4, 0.5) is 0 Å². The van der Waals surface area contributed by atoms with Gasteiger partial charge in [-0.25, -0.2) is 0 Å². The first-order chi connectivity index (χ1) is 7.27. The van der Waals surface area contributed by atoms with Gasteiger partial charge < -0.3 is 9.73 Å². The maximum Gasteiger partial charge on any atom is 0.238 e. The van der Waals surface area contributed by atoms with Crippen LogP contribution in [0, 0.1) is 0 Å². The van der Waals surface area contributed by atoms with Crippen molar-refractivity contribution in [3.63, 3.8) is 0 Å². The van der Waals surface area contributed by atoms with E-state index in [2.05, 4.69) is 10.6 Å². The van der Waals surface area contributed by atoms with Crippen molar-refractivity contribution in [2.24, 2.45) is 0 Å². The Kier molecular flexibility index (Phi) is 3.33. The third kappa shape index (κ3) is 2.54. The van der Waals surface area contributed by atoms with Gasteiger partial charge in [-0.05, 0) is 19.1 Å². The molecule has 2 atom stereocenters. The van der Waals surface area contributed by atoms with Gasteiger partial charge >= 0.3 is 0 Å². The van der Waals surface area contributed by atoms with Crippen LogP contribution in [0.5, 0.6) is 0 Å². The molecule has 2 unspecified atom stereocenters. The summed E-state index contributed by atoms with van der Waals surface area (Å²) < 4.78 is 5.22. The molecule has 2 N–H and O–H groups in total. The Morgan fingerprint density at radius 3 is 3.27 bits per heavy atom. The average Bonchev–Trinajstić information content (AvgIpc) is 2.91. The fourth-order valence-corrected chi connectivity index (χ4v) is 2.43. The van der Waals surface area contributed by atoms with Gasteiger partial charge in [-0.15, -0.1) is 11.8 Å². The molecule has 82 valence electrons. The first-order valence-electron chi connectivity index (χ1n) is 4.92. The zero-order chi connectivity index (χ0) is 10.7. The molecule has 5 heteroatoms. The lowest BCUT2D eigenvalue weighted by molar-refractivity contribution is -0.123. The van der Waals surface area contributed by atoms with Crippen LogP contribution in [-0.4, -0.2) is 23.6 Å². The highest BCUT2D eigenvalue weighted by molar-refractivity contribution is 7.99. The molecule has 0 aliphatic carbocycles. The van der Waals surface area contributed by atoms with E-state index in [-0.39, 0.29) is 18.0 Å². The second-order valence-electron chi connectivity index (χ2n) is 3.52. The summed E-state index contributed by atoms with van der Waals surface area (Å²) in [4.78, 5) is 11.7. The number of amides is 1. The largest absolute Gasteiger partial charge is 0.467 e. The van der Waals surface area contributed by atoms with Gasteiger partial charge in [0.2, 0.25) is 5.91 Å². The minimum Gasteiger partial charge on any atom is -0.467 e. The highest BCUT2D eigenvalue weighted by atomic mass is 32.2. The summed E-state index contributed by atoms with van der Waals surface area (Å²) in [5, 5.41) is 6.04. The SMILES string of the molecule is CC(NC(=O)C1CSCN1)c1ccco1. The molecule has 2 rings (SSSR count). The van der Waals surface area contributed by atoms with Gasteiger partial charge in [-0.2, -0.15) is 0 Å². The van der Waals surface area contributed by atoms with Crippen LogP contribution in [0.15, 0.2) is 22.8 Å². The summed E-state index contributed by atoms with van der Waals surface area (Å²) in [6, 6.07) is 3.55. The van der Waals surface area contributed by atoms with Gasteiger partial charge in [-0.3, -0.25) is 10.1 Å². The van der Waals surface area contributed by atoms with E-state index in [1.165, 1.54) is 0 Å². The Morgan fingerprint density at radius 2 is 2.67 bits per heavy atom. The average molecular weight is 226 g/mol. The van der Waals surface area contributed by atoms with E-state index in [0.29, 0.717) is 0 Å². The molecule has 0 saturated carbocycles. The van der Waals surface area contributed by atoms with Crippen molar-refractivity contribution in [3.8, 4) is 0 Å². The lowest BCUT2D eigenvalue weighted by Crippen LogP contribution is -2.42. The number of nitrogens with one attached hydrogen (secondary N) is 2. The summed E-state index contributed by atoms with van der Waals surface area (Å²) in [6.07, 6.45) is 1.61. The topological polar surface area (TPSA) is 54.3 Å². The Balaban J connectivity index is 1.88. The Labute approximate surface area is 92.8 Å². The maximum atomic E-state index is 11.7. The van der Waals surface area contributed by atoms with Gasteiger partial charge in [-0.1, -0.05) is 0 Å². The number of furan rings is 1. The van der Waals surface area contributed by atoms with E-state index in [1.807, 2.05) is 19.1 Å². The summed E-state index contributed by atoms with van der Waals surface area (Å²) in [7, 11) is 0. The first kappa shape index (κ1) is 10.6. The van der Waals surface area contributed by atoms with E-state index >= 15 is 0 Å². The maximum absolute atomic E-state index is 11.7. The Hall–Kier alpha value is -0.940. The van der Waals surface area contributed by atoms with E-state index in [9.17, 15) is 4.79 Å². The second-order valence-corrected chi connectivity index (χ2v) is 4.55. The monoisotopic (exact) mass is 226 g/mol. The van der Waals surface area contributed by atoms with E-state index in [1.54, 1.807) is 18.0 Å². The molecular formula is C10H14N2O2S. The smallest absolute Gasteiger partial charge is 0.238 e. The summed E-state index contributed by atoms with van der Waals surface area (Å²) in [5.41, 5.74) is 0. The van der Waals surface area contributed by atoms with Crippen LogP contribution >= 0.6 is 11.8 Å². The van der Waals surface area contributed by atoms with Gasteiger partial charge in [0.05, 0.1) is 18.3 Å². The van der Waals surface area contributed by atoms with Crippen molar-refractivity contribution in [1.82, 2.24) is 10.6 Å². The molecule has 0 bridgehead atoms. The minimum atomic E-state index is -0.0695. The summed E-state index contributed by atoms with van der Waals surface area (Å²) in [5.74, 6) is 2.53. The van der Waals surface area contributed by atoms with E-state index in [4.69, 9.17) is 4.42 Å². The van der Waals surface area contributed by atoms with Gasteiger partial charge in [0.25, 0.3) is 0 Å². The van der Waals surface area contributed by atoms with Crippen LogP contribution in [0.1, 0.15) is 18.7 Å². The molecule has 1 aromatic rings. The van der Waals surface area contributed by atoms with Gasteiger partial charge in [0, 0.05) is 11.6 Å². The van der Waals surface area contributed by atoms with Crippen LogP contribution in [0.3, 0.4) is 0 Å². The number of hydrogen-bond acceptors (Lipinski definition) is 4. The molecule has 0 aromatic carbocycles. The van der Waals surface area contributed by atoms with Crippen LogP contribution in [0.25, 0.3) is 0 Å². The summed E-state index contributed by atoms with van der Waals surface area (Å²) in [6.45, 7) is 1.92. The van der Waals surface area contributed by atoms with Crippen LogP contribution in [-0.2, 0) is 4.79 Å². The molecule has 4 nitrogen and oxygen atoms in total. The van der Waals surface area contributed by atoms with Crippen molar-refractivity contribution >= 4 is 17.7 Å². The number of carbonyl (C=O) groups excluding carboxylic acids is 1. The third-order valence-corrected chi connectivity index (χ3v) is 3.30. The molecular weight excluding hydrogens is 212 g/mol. The zero-order valence-corrected chi connectivity index (χ0v) is 9.34. The van der Waals surface area contributed by atoms with Gasteiger partial charge in [0.1, 0.15) is 5.76 Å². The Morgan fingerprint density at radius 1 is 1.80 bits per heavy atom. The first-order valence-corrected chi connectivity index (χ1v) is 6.08. The van der Waals surface area contributed by atoms with Crippen molar-refractivity contribution in [2.45, 2.75) is 19.0 Å². The van der Waals surface area contributed by atoms with Crippen molar-refractivity contribution in [3.05, 3.63) is 24.2 Å². The van der Waals surface area contributed by atoms with Crippen molar-refractivity contribution in [2.75, 3.05) is 11.6 Å². The Bertz CT molecular complexity index is 320. The molecule has 1 aliphatic rings. The fourth-order valence-electron chi connectivity index (χ4n) is 1.49. The highest BCUT2D eigenvalue weighted by Gasteiger charge is 2.24. The molecule has 1 saturated heterocycles. The fraction of sp³-hybridized carbons (Fsp3) is 0.500. The van der Waals surface area contributed by atoms with Crippen LogP contribution < -0.4 is 10.6 Å². The number of rotatable bonds is 3. The predicted octanol–water partition coefficient (Wildman–Crippen LogP) is 1.12. The highest BCUT2D eigenvalue weighted by Crippen LogP contribution is 2.14. The van der Waals surface area contributed by atoms with E-state index in [0.717, 1.165) is 17.4 Å². The number of carbonyl (C=O) groups is 1. The lowest BCUT2D eigenvalue weighted by atomic mass is 10.2. The molecule has 0 spiro atoms. The number of thioether (sulfide) groups is 1. The number of hydrogen-bond donors (Lipinski definition) is 2. The predicted molar refractivity (Wildman–Crippen MR) is 59.5 cm³/mol. The van der Waals surface area contributed by atoms with Crippen molar-refractivity contribution < 1.29 is 9.21 Å². The molecule has 1 aliphatic heterocycles. The molecule has 1 amide bonds.